The predicted molar refractivity (Wildman–Crippen MR) is 108 cm³/mol. The number of methoxy groups -OCH3 is 1. The molecule has 0 radical (unpaired) electrons. The number of pyridine rings is 1. The molecule has 4 aromatic rings. The SMILES string of the molecule is COc1c(Oc2cc(C(F)(F)F)c(F)cc2-c2cc(=O)c(-c3nnco3)c(C)[nH]2)ccc(F)c1F. The Balaban J connectivity index is 1.93. The molecular formula is C22H13F6N3O4. The molecular weight excluding hydrogens is 484 g/mol. The van der Waals surface area contributed by atoms with Crippen LogP contribution in [0.2, 0.25) is 0 Å². The molecule has 0 spiro atoms. The van der Waals surface area contributed by atoms with E-state index in [1.807, 2.05) is 0 Å². The number of hydrogen-bond donors (Lipinski definition) is 1. The van der Waals surface area contributed by atoms with Gasteiger partial charge in [-0.3, -0.25) is 4.79 Å². The van der Waals surface area contributed by atoms with Crippen molar-refractivity contribution in [3.63, 3.8) is 0 Å². The van der Waals surface area contributed by atoms with Crippen LogP contribution in [0.4, 0.5) is 26.3 Å². The van der Waals surface area contributed by atoms with Gasteiger partial charge in [0.1, 0.15) is 17.1 Å². The number of rotatable bonds is 5. The van der Waals surface area contributed by atoms with Gasteiger partial charge in [-0.15, -0.1) is 10.2 Å². The summed E-state index contributed by atoms with van der Waals surface area (Å²) < 4.78 is 97.6. The van der Waals surface area contributed by atoms with Crippen LogP contribution in [-0.2, 0) is 6.18 Å². The van der Waals surface area contributed by atoms with E-state index in [9.17, 15) is 31.1 Å². The first-order valence-electron chi connectivity index (χ1n) is 9.62. The Bertz CT molecular complexity index is 1470. The zero-order valence-corrected chi connectivity index (χ0v) is 17.8. The van der Waals surface area contributed by atoms with E-state index >= 15 is 0 Å². The van der Waals surface area contributed by atoms with Crippen molar-refractivity contribution in [2.45, 2.75) is 13.1 Å². The molecule has 1 N–H and O–H groups in total. The summed E-state index contributed by atoms with van der Waals surface area (Å²) in [5, 5.41) is 7.13. The predicted octanol–water partition coefficient (Wildman–Crippen LogP) is 5.64. The fourth-order valence-electron chi connectivity index (χ4n) is 3.35. The van der Waals surface area contributed by atoms with Crippen molar-refractivity contribution in [1.82, 2.24) is 15.2 Å². The maximum Gasteiger partial charge on any atom is 0.419 e. The lowest BCUT2D eigenvalue weighted by Gasteiger charge is -2.18. The van der Waals surface area contributed by atoms with Gasteiger partial charge in [0.15, 0.2) is 17.0 Å². The highest BCUT2D eigenvalue weighted by Crippen LogP contribution is 2.43. The first kappa shape index (κ1) is 23.9. The van der Waals surface area contributed by atoms with Crippen LogP contribution in [0, 0.1) is 24.4 Å². The number of halogens is 6. The number of nitrogens with zero attached hydrogens (tertiary/aromatic N) is 2. The molecule has 0 aliphatic carbocycles. The maximum absolute atomic E-state index is 14.5. The van der Waals surface area contributed by atoms with Crippen LogP contribution in [0.3, 0.4) is 0 Å². The third kappa shape index (κ3) is 4.44. The molecule has 0 atom stereocenters. The van der Waals surface area contributed by atoms with Crippen LogP contribution < -0.4 is 14.9 Å². The minimum absolute atomic E-state index is 0.0108. The topological polar surface area (TPSA) is 90.2 Å². The number of aromatic nitrogens is 3. The second kappa shape index (κ2) is 8.81. The molecule has 4 rings (SSSR count). The van der Waals surface area contributed by atoms with Gasteiger partial charge in [0, 0.05) is 17.3 Å². The summed E-state index contributed by atoms with van der Waals surface area (Å²) in [6.07, 6.45) is -4.11. The third-order valence-corrected chi connectivity index (χ3v) is 4.90. The average molecular weight is 497 g/mol. The quantitative estimate of drug-likeness (QED) is 0.359. The van der Waals surface area contributed by atoms with E-state index in [-0.39, 0.29) is 28.4 Å². The van der Waals surface area contributed by atoms with E-state index in [1.54, 1.807) is 0 Å². The van der Waals surface area contributed by atoms with Crippen LogP contribution in [0.5, 0.6) is 17.2 Å². The Kier molecular flexibility index (Phi) is 6.01. The average Bonchev–Trinajstić information content (AvgIpc) is 3.30. The van der Waals surface area contributed by atoms with Gasteiger partial charge in [0.2, 0.25) is 18.0 Å². The number of H-pyrrole nitrogens is 1. The highest BCUT2D eigenvalue weighted by molar-refractivity contribution is 5.71. The van der Waals surface area contributed by atoms with Gasteiger partial charge in [0.05, 0.1) is 18.4 Å². The van der Waals surface area contributed by atoms with E-state index in [0.717, 1.165) is 25.6 Å². The maximum atomic E-state index is 14.5. The van der Waals surface area contributed by atoms with Crippen molar-refractivity contribution >= 4 is 0 Å². The van der Waals surface area contributed by atoms with Crippen molar-refractivity contribution in [3.8, 4) is 40.0 Å². The van der Waals surface area contributed by atoms with Gasteiger partial charge >= 0.3 is 6.18 Å². The second-order valence-electron chi connectivity index (χ2n) is 7.11. The normalized spacial score (nSPS) is 11.5. The number of aryl methyl sites for hydroxylation is 1. The first-order valence-corrected chi connectivity index (χ1v) is 9.62. The van der Waals surface area contributed by atoms with Crippen LogP contribution in [-0.4, -0.2) is 22.3 Å². The number of benzene rings is 2. The van der Waals surface area contributed by atoms with Gasteiger partial charge < -0.3 is 18.9 Å². The summed E-state index contributed by atoms with van der Waals surface area (Å²) in [7, 11) is 0.995. The first-order chi connectivity index (χ1) is 16.5. The van der Waals surface area contributed by atoms with Crippen LogP contribution in [0.15, 0.2) is 45.9 Å². The Labute approximate surface area is 192 Å². The molecule has 35 heavy (non-hydrogen) atoms. The Morgan fingerprint density at radius 3 is 2.37 bits per heavy atom. The molecule has 0 bridgehead atoms. The highest BCUT2D eigenvalue weighted by Gasteiger charge is 2.36. The third-order valence-electron chi connectivity index (χ3n) is 4.90. The summed E-state index contributed by atoms with van der Waals surface area (Å²) >= 11 is 0. The largest absolute Gasteiger partial charge is 0.490 e. The van der Waals surface area contributed by atoms with Crippen molar-refractivity contribution in [3.05, 3.63) is 75.7 Å². The molecule has 2 heterocycles. The minimum atomic E-state index is -5.11. The van der Waals surface area contributed by atoms with Crippen molar-refractivity contribution in [1.29, 1.82) is 0 Å². The number of ether oxygens (including phenoxy) is 2. The second-order valence-corrected chi connectivity index (χ2v) is 7.11. The molecule has 0 unspecified atom stereocenters. The van der Waals surface area contributed by atoms with E-state index in [0.29, 0.717) is 18.2 Å². The molecule has 7 nitrogen and oxygen atoms in total. The molecule has 2 aromatic heterocycles. The Morgan fingerprint density at radius 2 is 1.77 bits per heavy atom. The van der Waals surface area contributed by atoms with Crippen LogP contribution in [0.1, 0.15) is 11.3 Å². The lowest BCUT2D eigenvalue weighted by molar-refractivity contribution is -0.140. The van der Waals surface area contributed by atoms with E-state index in [2.05, 4.69) is 15.2 Å². The molecule has 0 saturated heterocycles. The van der Waals surface area contributed by atoms with Gasteiger partial charge in [0.25, 0.3) is 5.89 Å². The van der Waals surface area contributed by atoms with Crippen molar-refractivity contribution in [2.75, 3.05) is 7.11 Å². The fourth-order valence-corrected chi connectivity index (χ4v) is 3.35. The van der Waals surface area contributed by atoms with Gasteiger partial charge in [-0.05, 0) is 31.2 Å². The molecule has 0 fully saturated rings. The zero-order valence-electron chi connectivity index (χ0n) is 17.8. The monoisotopic (exact) mass is 497 g/mol. The molecule has 2 aromatic carbocycles. The fraction of sp³-hybridized carbons (Fsp3) is 0.136. The number of nitrogens with one attached hydrogen (secondary N) is 1. The molecule has 0 saturated carbocycles. The summed E-state index contributed by atoms with van der Waals surface area (Å²) in [5.41, 5.74) is -2.65. The van der Waals surface area contributed by atoms with Crippen molar-refractivity contribution < 1.29 is 40.2 Å². The lowest BCUT2D eigenvalue weighted by atomic mass is 10.0. The lowest BCUT2D eigenvalue weighted by Crippen LogP contribution is -2.11. The summed E-state index contributed by atoms with van der Waals surface area (Å²) in [6, 6.07) is 3.40. The minimum Gasteiger partial charge on any atom is -0.490 e. The Hall–Kier alpha value is -4.29. The van der Waals surface area contributed by atoms with Crippen LogP contribution >= 0.6 is 0 Å². The number of hydrogen-bond acceptors (Lipinski definition) is 6. The summed E-state index contributed by atoms with van der Waals surface area (Å²) in [6.45, 7) is 1.45. The van der Waals surface area contributed by atoms with Crippen LogP contribution in [0.25, 0.3) is 22.7 Å². The number of alkyl halides is 3. The molecule has 0 amide bonds. The summed E-state index contributed by atoms with van der Waals surface area (Å²) in [4.78, 5) is 15.5. The zero-order chi connectivity index (χ0) is 25.5. The smallest absolute Gasteiger partial charge is 0.419 e. The van der Waals surface area contributed by atoms with Gasteiger partial charge in [-0.2, -0.15) is 17.6 Å². The summed E-state index contributed by atoms with van der Waals surface area (Å²) in [5.74, 6) is -6.35. The highest BCUT2D eigenvalue weighted by atomic mass is 19.4. The van der Waals surface area contributed by atoms with Gasteiger partial charge in [-0.1, -0.05) is 0 Å². The van der Waals surface area contributed by atoms with E-state index < -0.39 is 51.9 Å². The number of aromatic amines is 1. The molecule has 0 aliphatic heterocycles. The molecule has 0 aliphatic rings. The van der Waals surface area contributed by atoms with Crippen molar-refractivity contribution in [2.24, 2.45) is 0 Å². The Morgan fingerprint density at radius 1 is 1.03 bits per heavy atom. The standard InChI is InChI=1S/C22H13F6N3O4/c1-9-18(21-31-29-8-34-21)15(32)7-14(30-9)10-5-13(24)11(22(26,27)28)6-17(10)35-16-4-3-12(23)19(25)20(16)33-2/h3-8H,1-2H3,(H,30,32). The van der Waals surface area contributed by atoms with E-state index in [4.69, 9.17) is 13.9 Å². The molecule has 182 valence electrons. The van der Waals surface area contributed by atoms with Gasteiger partial charge in [-0.25, -0.2) is 8.78 Å². The van der Waals surface area contributed by atoms with E-state index in [1.165, 1.54) is 6.92 Å². The molecule has 13 heteroatoms.